The molecule has 0 bridgehead atoms. The molecule has 0 radical (unpaired) electrons. The van der Waals surface area contributed by atoms with Crippen LogP contribution in [0.2, 0.25) is 0 Å². The third-order valence-electron chi connectivity index (χ3n) is 5.10. The van der Waals surface area contributed by atoms with Crippen LogP contribution in [0.25, 0.3) is 10.2 Å². The molecule has 1 atom stereocenters. The molecule has 0 spiro atoms. The average molecular weight is 302 g/mol. The predicted octanol–water partition coefficient (Wildman–Crippen LogP) is 3.43. The predicted molar refractivity (Wildman–Crippen MR) is 87.2 cm³/mol. The van der Waals surface area contributed by atoms with Gasteiger partial charge in [-0.1, -0.05) is 12.8 Å². The lowest BCUT2D eigenvalue weighted by atomic mass is 9.96. The van der Waals surface area contributed by atoms with E-state index in [4.69, 9.17) is 10.7 Å². The summed E-state index contributed by atoms with van der Waals surface area (Å²) in [6.07, 6.45) is 8.32. The molecule has 0 aromatic carbocycles. The Morgan fingerprint density at radius 2 is 2.05 bits per heavy atom. The van der Waals surface area contributed by atoms with E-state index in [9.17, 15) is 0 Å². The Bertz CT molecular complexity index is 632. The number of likely N-dealkylation sites (tertiary alicyclic amines) is 1. The molecule has 1 unspecified atom stereocenters. The van der Waals surface area contributed by atoms with Gasteiger partial charge in [-0.25, -0.2) is 9.97 Å². The van der Waals surface area contributed by atoms with E-state index >= 15 is 0 Å². The third kappa shape index (κ3) is 2.53. The third-order valence-corrected chi connectivity index (χ3v) is 5.91. The van der Waals surface area contributed by atoms with Crippen LogP contribution >= 0.6 is 11.3 Å². The van der Waals surface area contributed by atoms with Gasteiger partial charge < -0.3 is 5.73 Å². The first-order valence-electron chi connectivity index (χ1n) is 8.05. The summed E-state index contributed by atoms with van der Waals surface area (Å²) in [7, 11) is 0. The van der Waals surface area contributed by atoms with E-state index in [2.05, 4.69) is 9.88 Å². The second kappa shape index (κ2) is 5.54. The summed E-state index contributed by atoms with van der Waals surface area (Å²) in [5.74, 6) is 2.43. The number of fused-ring (bicyclic) bond motifs is 1. The van der Waals surface area contributed by atoms with Crippen molar-refractivity contribution in [2.24, 2.45) is 5.92 Å². The van der Waals surface area contributed by atoms with Crippen molar-refractivity contribution in [1.29, 1.82) is 0 Å². The van der Waals surface area contributed by atoms with Crippen LogP contribution < -0.4 is 5.73 Å². The van der Waals surface area contributed by atoms with Crippen LogP contribution in [0.1, 0.15) is 44.3 Å². The summed E-state index contributed by atoms with van der Waals surface area (Å²) in [6.45, 7) is 2.05. The van der Waals surface area contributed by atoms with Gasteiger partial charge in [0.15, 0.2) is 0 Å². The van der Waals surface area contributed by atoms with Gasteiger partial charge >= 0.3 is 0 Å². The molecule has 0 amide bonds. The van der Waals surface area contributed by atoms with Crippen LogP contribution in [0.5, 0.6) is 0 Å². The second-order valence-corrected chi connectivity index (χ2v) is 7.28. The first-order chi connectivity index (χ1) is 10.3. The Balaban J connectivity index is 1.55. The molecule has 4 rings (SSSR count). The molecule has 21 heavy (non-hydrogen) atoms. The summed E-state index contributed by atoms with van der Waals surface area (Å²) >= 11 is 1.65. The molecule has 112 valence electrons. The molecular formula is C16H22N4S. The minimum atomic E-state index is 0.632. The number of nitrogen functional groups attached to an aromatic ring is 1. The van der Waals surface area contributed by atoms with Gasteiger partial charge in [0.25, 0.3) is 0 Å². The average Bonchev–Trinajstić information content (AvgIpc) is 3.19. The van der Waals surface area contributed by atoms with Gasteiger partial charge in [0.2, 0.25) is 0 Å². The lowest BCUT2D eigenvalue weighted by molar-refractivity contribution is 0.179. The fraction of sp³-hybridized carbons (Fsp3) is 0.625. The maximum Gasteiger partial charge on any atom is 0.146 e. The second-order valence-electron chi connectivity index (χ2n) is 6.39. The van der Waals surface area contributed by atoms with Gasteiger partial charge in [-0.15, -0.1) is 11.3 Å². The highest BCUT2D eigenvalue weighted by atomic mass is 32.1. The Labute approximate surface area is 129 Å². The molecule has 2 aliphatic rings. The topological polar surface area (TPSA) is 55.0 Å². The van der Waals surface area contributed by atoms with E-state index < -0.39 is 0 Å². The van der Waals surface area contributed by atoms with Crippen molar-refractivity contribution in [2.75, 3.05) is 12.3 Å². The Kier molecular flexibility index (Phi) is 3.55. The summed E-state index contributed by atoms with van der Waals surface area (Å²) in [5.41, 5.74) is 6.07. The summed E-state index contributed by atoms with van der Waals surface area (Å²) in [4.78, 5) is 12.9. The maximum absolute atomic E-state index is 6.07. The molecule has 5 heteroatoms. The van der Waals surface area contributed by atoms with E-state index in [0.29, 0.717) is 5.82 Å². The summed E-state index contributed by atoms with van der Waals surface area (Å²) < 4.78 is 0. The number of hydrogen-bond acceptors (Lipinski definition) is 5. The van der Waals surface area contributed by atoms with Gasteiger partial charge in [0.1, 0.15) is 16.5 Å². The number of aromatic nitrogens is 2. The van der Waals surface area contributed by atoms with Crippen LogP contribution in [0.4, 0.5) is 5.82 Å². The zero-order valence-corrected chi connectivity index (χ0v) is 13.1. The van der Waals surface area contributed by atoms with Crippen molar-refractivity contribution in [3.63, 3.8) is 0 Å². The zero-order chi connectivity index (χ0) is 14.2. The number of nitrogens with two attached hydrogens (primary N) is 1. The van der Waals surface area contributed by atoms with Crippen LogP contribution in [0.3, 0.4) is 0 Å². The van der Waals surface area contributed by atoms with E-state index in [1.807, 2.05) is 11.4 Å². The standard InChI is InChI=1S/C16H22N4S/c17-15-12-7-9-21-16(12)19-14(18-15)10-20-8-3-6-13(20)11-4-1-2-5-11/h7,9,11,13H,1-6,8,10H2,(H2,17,18,19). The first-order valence-corrected chi connectivity index (χ1v) is 8.93. The monoisotopic (exact) mass is 302 g/mol. The normalized spacial score (nSPS) is 24.3. The van der Waals surface area contributed by atoms with Crippen LogP contribution in [0.15, 0.2) is 11.4 Å². The van der Waals surface area contributed by atoms with E-state index in [1.54, 1.807) is 11.3 Å². The fourth-order valence-electron chi connectivity index (χ4n) is 4.10. The lowest BCUT2D eigenvalue weighted by Gasteiger charge is -2.28. The van der Waals surface area contributed by atoms with Gasteiger partial charge in [0.05, 0.1) is 11.9 Å². The zero-order valence-electron chi connectivity index (χ0n) is 12.3. The van der Waals surface area contributed by atoms with Gasteiger partial charge in [-0.2, -0.15) is 0 Å². The van der Waals surface area contributed by atoms with Crippen molar-refractivity contribution < 1.29 is 0 Å². The molecule has 2 N–H and O–H groups in total. The Morgan fingerprint density at radius 3 is 2.90 bits per heavy atom. The highest BCUT2D eigenvalue weighted by Gasteiger charge is 2.33. The minimum absolute atomic E-state index is 0.632. The van der Waals surface area contributed by atoms with Gasteiger partial charge in [-0.05, 0) is 49.6 Å². The summed E-state index contributed by atoms with van der Waals surface area (Å²) in [5, 5.41) is 3.04. The molecule has 3 heterocycles. The molecule has 2 aromatic rings. The quantitative estimate of drug-likeness (QED) is 0.944. The van der Waals surface area contributed by atoms with Crippen molar-refractivity contribution >= 4 is 27.4 Å². The van der Waals surface area contributed by atoms with Gasteiger partial charge in [0, 0.05) is 6.04 Å². The maximum atomic E-state index is 6.07. The molecule has 1 saturated heterocycles. The van der Waals surface area contributed by atoms with Crippen LogP contribution in [-0.4, -0.2) is 27.5 Å². The Morgan fingerprint density at radius 1 is 1.19 bits per heavy atom. The molecule has 2 aromatic heterocycles. The highest BCUT2D eigenvalue weighted by Crippen LogP contribution is 2.36. The molecule has 4 nitrogen and oxygen atoms in total. The van der Waals surface area contributed by atoms with E-state index in [0.717, 1.165) is 34.5 Å². The number of hydrogen-bond donors (Lipinski definition) is 1. The molecule has 1 aliphatic heterocycles. The van der Waals surface area contributed by atoms with Crippen molar-refractivity contribution in [2.45, 2.75) is 51.1 Å². The van der Waals surface area contributed by atoms with E-state index in [1.165, 1.54) is 45.1 Å². The van der Waals surface area contributed by atoms with Crippen LogP contribution in [0, 0.1) is 5.92 Å². The Hall–Kier alpha value is -1.20. The number of thiophene rings is 1. The van der Waals surface area contributed by atoms with Crippen LogP contribution in [-0.2, 0) is 6.54 Å². The number of anilines is 1. The number of rotatable bonds is 3. The van der Waals surface area contributed by atoms with Crippen molar-refractivity contribution in [1.82, 2.24) is 14.9 Å². The molecule has 1 aliphatic carbocycles. The minimum Gasteiger partial charge on any atom is -0.383 e. The fourth-order valence-corrected chi connectivity index (χ4v) is 4.89. The molecule has 2 fully saturated rings. The summed E-state index contributed by atoms with van der Waals surface area (Å²) in [6, 6.07) is 2.76. The van der Waals surface area contributed by atoms with Crippen molar-refractivity contribution in [3.8, 4) is 0 Å². The van der Waals surface area contributed by atoms with Crippen molar-refractivity contribution in [3.05, 3.63) is 17.3 Å². The molecule has 1 saturated carbocycles. The SMILES string of the molecule is Nc1nc(CN2CCCC2C2CCCC2)nc2sccc12. The van der Waals surface area contributed by atoms with E-state index in [-0.39, 0.29) is 0 Å². The molecular weight excluding hydrogens is 280 g/mol. The number of nitrogens with zero attached hydrogens (tertiary/aromatic N) is 3. The lowest BCUT2D eigenvalue weighted by Crippen LogP contribution is -2.34. The largest absolute Gasteiger partial charge is 0.383 e. The smallest absolute Gasteiger partial charge is 0.146 e. The van der Waals surface area contributed by atoms with Gasteiger partial charge in [-0.3, -0.25) is 4.90 Å². The highest BCUT2D eigenvalue weighted by molar-refractivity contribution is 7.16. The first kappa shape index (κ1) is 13.5.